The minimum atomic E-state index is -1.24. The lowest BCUT2D eigenvalue weighted by Gasteiger charge is -2.47. The summed E-state index contributed by atoms with van der Waals surface area (Å²) in [5, 5.41) is 10.8. The fourth-order valence-corrected chi connectivity index (χ4v) is 8.49. The standard InChI is InChI=1S/C25H37I3O7S4/c1-15(2)13-16(3)7-6-12-36-18-10-8-17(9-11-18)24(29)31-14-19-20(33-37-26)21(34-38-27)22(35-39-28)23(32-19)25(4,5)30/h8-11,15-16,19-23,30H,6-7,12-14H2,1-5H3. The molecule has 0 aliphatic carbocycles. The molecule has 1 N–H and O–H groups in total. The molecule has 0 spiro atoms. The van der Waals surface area contributed by atoms with Crippen LogP contribution in [0, 0.1) is 11.8 Å². The van der Waals surface area contributed by atoms with Crippen LogP contribution < -0.4 is 0 Å². The summed E-state index contributed by atoms with van der Waals surface area (Å²) >= 11 is 7.90. The molecule has 1 fully saturated rings. The smallest absolute Gasteiger partial charge is 0.338 e. The Morgan fingerprint density at radius 2 is 1.59 bits per heavy atom. The van der Waals surface area contributed by atoms with Crippen LogP contribution in [0.3, 0.4) is 0 Å². The molecule has 0 aromatic heterocycles. The maximum Gasteiger partial charge on any atom is 0.338 e. The van der Waals surface area contributed by atoms with E-state index in [1.54, 1.807) is 26.0 Å². The van der Waals surface area contributed by atoms with Gasteiger partial charge in [-0.3, -0.25) is 12.5 Å². The Morgan fingerprint density at radius 3 is 2.15 bits per heavy atom. The SMILES string of the molecule is CC(C)CC(C)CCCSc1ccc(C(=O)OCC2OC(C(C)(C)O)C(OSI)C(OSI)C2OSI)cc1. The van der Waals surface area contributed by atoms with Gasteiger partial charge in [-0.25, -0.2) is 4.79 Å². The fourth-order valence-electron chi connectivity index (χ4n) is 4.55. The van der Waals surface area contributed by atoms with Crippen molar-refractivity contribution in [1.29, 1.82) is 0 Å². The van der Waals surface area contributed by atoms with E-state index in [1.165, 1.54) is 19.3 Å². The molecular weight excluding hydrogens is 921 g/mol. The Labute approximate surface area is 286 Å². The summed E-state index contributed by atoms with van der Waals surface area (Å²) in [5.74, 6) is 2.11. The number of halogens is 3. The molecule has 0 radical (unpaired) electrons. The van der Waals surface area contributed by atoms with Crippen LogP contribution in [0.25, 0.3) is 0 Å². The zero-order valence-corrected chi connectivity index (χ0v) is 32.3. The normalized spacial score (nSPS) is 24.6. The second kappa shape index (κ2) is 19.5. The van der Waals surface area contributed by atoms with Crippen LogP contribution in [0.4, 0.5) is 0 Å². The van der Waals surface area contributed by atoms with Gasteiger partial charge in [0.05, 0.1) is 38.8 Å². The van der Waals surface area contributed by atoms with E-state index in [9.17, 15) is 9.90 Å². The van der Waals surface area contributed by atoms with E-state index in [4.69, 9.17) is 22.0 Å². The summed E-state index contributed by atoms with van der Waals surface area (Å²) in [4.78, 5) is 14.0. The Hall–Kier alpha value is 2.08. The second-order valence-electron chi connectivity index (χ2n) is 10.5. The van der Waals surface area contributed by atoms with Crippen LogP contribution in [0.15, 0.2) is 29.2 Å². The van der Waals surface area contributed by atoms with E-state index < -0.39 is 42.1 Å². The number of benzene rings is 1. The van der Waals surface area contributed by atoms with Gasteiger partial charge >= 0.3 is 5.97 Å². The fraction of sp³-hybridized carbons (Fsp3) is 0.720. The van der Waals surface area contributed by atoms with E-state index in [2.05, 4.69) is 20.8 Å². The number of ether oxygens (including phenoxy) is 2. The highest BCUT2D eigenvalue weighted by Gasteiger charge is 2.53. The number of carbonyl (C=O) groups is 1. The summed E-state index contributed by atoms with van der Waals surface area (Å²) < 4.78 is 29.6. The van der Waals surface area contributed by atoms with Gasteiger partial charge in [0.25, 0.3) is 0 Å². The van der Waals surface area contributed by atoms with Crippen molar-refractivity contribution in [2.75, 3.05) is 12.4 Å². The van der Waals surface area contributed by atoms with Crippen molar-refractivity contribution in [2.24, 2.45) is 11.8 Å². The summed E-state index contributed by atoms with van der Waals surface area (Å²) in [6.07, 6.45) is 0.488. The van der Waals surface area contributed by atoms with E-state index in [1.807, 2.05) is 87.5 Å². The molecule has 6 atom stereocenters. The van der Waals surface area contributed by atoms with E-state index >= 15 is 0 Å². The van der Waals surface area contributed by atoms with E-state index in [0.717, 1.165) is 50.1 Å². The van der Waals surface area contributed by atoms with Gasteiger partial charge in [0.15, 0.2) is 0 Å². The van der Waals surface area contributed by atoms with Crippen molar-refractivity contribution in [1.82, 2.24) is 0 Å². The van der Waals surface area contributed by atoms with Gasteiger partial charge in [-0.2, -0.15) is 0 Å². The van der Waals surface area contributed by atoms with Crippen LogP contribution in [0.5, 0.6) is 0 Å². The number of esters is 1. The first-order chi connectivity index (χ1) is 18.5. The summed E-state index contributed by atoms with van der Waals surface area (Å²) in [7, 11) is 3.44. The molecule has 1 aromatic rings. The summed E-state index contributed by atoms with van der Waals surface area (Å²) in [6, 6.07) is 7.51. The van der Waals surface area contributed by atoms with E-state index in [-0.39, 0.29) is 6.61 Å². The first kappa shape index (κ1) is 37.3. The number of carbonyl (C=O) groups excluding carboxylic acids is 1. The Bertz CT molecular complexity index is 848. The quantitative estimate of drug-likeness (QED) is 0.0534. The van der Waals surface area contributed by atoms with Crippen molar-refractivity contribution in [3.05, 3.63) is 29.8 Å². The molecule has 2 rings (SSSR count). The van der Waals surface area contributed by atoms with Crippen molar-refractivity contribution in [2.45, 2.75) is 94.9 Å². The maximum atomic E-state index is 12.9. The third-order valence-corrected chi connectivity index (χ3v) is 10.1. The number of hydrogen-bond acceptors (Lipinski definition) is 11. The number of aliphatic hydroxyl groups is 1. The molecule has 0 saturated carbocycles. The zero-order chi connectivity index (χ0) is 29.0. The second-order valence-corrected chi connectivity index (χ2v) is 15.8. The average Bonchev–Trinajstić information content (AvgIpc) is 2.87. The molecule has 7 nitrogen and oxygen atoms in total. The Balaban J connectivity index is 2.00. The van der Waals surface area contributed by atoms with E-state index in [0.29, 0.717) is 5.56 Å². The van der Waals surface area contributed by atoms with Gasteiger partial charge in [-0.1, -0.05) is 20.8 Å². The molecule has 224 valence electrons. The third kappa shape index (κ3) is 12.9. The molecule has 0 amide bonds. The van der Waals surface area contributed by atoms with Gasteiger partial charge in [0.1, 0.15) is 37.1 Å². The molecule has 1 saturated heterocycles. The highest BCUT2D eigenvalue weighted by molar-refractivity contribution is 14.2. The zero-order valence-electron chi connectivity index (χ0n) is 22.5. The van der Waals surface area contributed by atoms with Gasteiger partial charge in [-0.05, 0) is 75.0 Å². The van der Waals surface area contributed by atoms with Gasteiger partial charge in [0, 0.05) is 68.5 Å². The predicted molar refractivity (Wildman–Crippen MR) is 190 cm³/mol. The topological polar surface area (TPSA) is 83.5 Å². The van der Waals surface area contributed by atoms with Gasteiger partial charge in [0.2, 0.25) is 0 Å². The first-order valence-electron chi connectivity index (χ1n) is 12.6. The molecule has 14 heteroatoms. The predicted octanol–water partition coefficient (Wildman–Crippen LogP) is 9.09. The average molecular weight is 959 g/mol. The lowest BCUT2D eigenvalue weighted by molar-refractivity contribution is -0.241. The molecule has 1 aliphatic heterocycles. The molecular formula is C25H37I3O7S4. The van der Waals surface area contributed by atoms with Gasteiger partial charge in [-0.15, -0.1) is 11.8 Å². The summed E-state index contributed by atoms with van der Waals surface area (Å²) in [6.45, 7) is 10.1. The summed E-state index contributed by atoms with van der Waals surface area (Å²) in [5.41, 5.74) is -0.766. The van der Waals surface area contributed by atoms with Crippen molar-refractivity contribution < 1.29 is 31.9 Å². The van der Waals surface area contributed by atoms with Crippen LogP contribution in [0.1, 0.15) is 64.2 Å². The highest BCUT2D eigenvalue weighted by atomic mass is 127. The van der Waals surface area contributed by atoms with Crippen LogP contribution in [-0.4, -0.2) is 59.6 Å². The molecule has 1 aliphatic rings. The number of rotatable bonds is 17. The molecule has 1 heterocycles. The Morgan fingerprint density at radius 1 is 1.00 bits per heavy atom. The van der Waals surface area contributed by atoms with Crippen LogP contribution >= 0.6 is 103 Å². The number of hydrogen-bond donors (Lipinski definition) is 1. The first-order valence-corrected chi connectivity index (χ1v) is 23.5. The van der Waals surface area contributed by atoms with Crippen molar-refractivity contribution >= 4 is 109 Å². The molecule has 1 aromatic carbocycles. The van der Waals surface area contributed by atoms with Crippen molar-refractivity contribution in [3.8, 4) is 0 Å². The minimum Gasteiger partial charge on any atom is -0.459 e. The molecule has 6 unspecified atom stereocenters. The monoisotopic (exact) mass is 958 g/mol. The molecule has 0 bridgehead atoms. The van der Waals surface area contributed by atoms with Crippen molar-refractivity contribution in [3.63, 3.8) is 0 Å². The lowest BCUT2D eigenvalue weighted by Crippen LogP contribution is -2.64. The van der Waals surface area contributed by atoms with Crippen LogP contribution in [-0.2, 0) is 22.0 Å². The molecule has 39 heavy (non-hydrogen) atoms. The maximum absolute atomic E-state index is 12.9. The van der Waals surface area contributed by atoms with Gasteiger partial charge < -0.3 is 14.6 Å². The minimum absolute atomic E-state index is 0.0613. The highest BCUT2D eigenvalue weighted by Crippen LogP contribution is 2.40. The van der Waals surface area contributed by atoms with Crippen LogP contribution in [0.2, 0.25) is 0 Å². The Kier molecular flexibility index (Phi) is 18.6. The largest absolute Gasteiger partial charge is 0.459 e. The third-order valence-electron chi connectivity index (χ3n) is 6.23. The number of thioether (sulfide) groups is 1. The lowest BCUT2D eigenvalue weighted by atomic mass is 9.87.